The van der Waals surface area contributed by atoms with Crippen LogP contribution in [0.25, 0.3) is 0 Å². The Morgan fingerprint density at radius 1 is 1.25 bits per heavy atom. The molecule has 5 heteroatoms. The van der Waals surface area contributed by atoms with Gasteiger partial charge in [0.05, 0.1) is 11.5 Å². The molecule has 0 radical (unpaired) electrons. The monoisotopic (exact) mass is 263 g/mol. The Labute approximate surface area is 103 Å². The van der Waals surface area contributed by atoms with Crippen LogP contribution in [0.4, 0.5) is 0 Å². The topological polar surface area (TPSA) is 46.2 Å². The van der Waals surface area contributed by atoms with Crippen LogP contribution < -0.4 is 5.32 Å². The molecular weight excluding hydrogens is 242 g/mol. The Kier molecular flexibility index (Phi) is 4.56. The van der Waals surface area contributed by atoms with E-state index in [0.717, 1.165) is 31.1 Å². The molecule has 0 aromatic carbocycles. The molecule has 1 unspecified atom stereocenters. The molecule has 94 valence electrons. The highest BCUT2D eigenvalue weighted by molar-refractivity contribution is 7.99. The lowest BCUT2D eigenvalue weighted by atomic mass is 10.2. The molecule has 2 fully saturated rings. The maximum Gasteiger partial charge on any atom is 0.151 e. The molecule has 1 saturated heterocycles. The highest BCUT2D eigenvalue weighted by Gasteiger charge is 2.24. The van der Waals surface area contributed by atoms with Crippen molar-refractivity contribution in [2.24, 2.45) is 5.92 Å². The molecule has 1 saturated carbocycles. The summed E-state index contributed by atoms with van der Waals surface area (Å²) in [6, 6.07) is 0.209. The van der Waals surface area contributed by atoms with Crippen LogP contribution in [0.2, 0.25) is 0 Å². The predicted molar refractivity (Wildman–Crippen MR) is 69.7 cm³/mol. The number of rotatable bonds is 6. The molecule has 0 bridgehead atoms. The lowest BCUT2D eigenvalue weighted by molar-refractivity contribution is 0.492. The molecule has 1 heterocycles. The fraction of sp³-hybridized carbons (Fsp3) is 1.00. The van der Waals surface area contributed by atoms with Gasteiger partial charge in [-0.05, 0) is 37.4 Å². The Morgan fingerprint density at radius 3 is 2.75 bits per heavy atom. The standard InChI is InChI=1S/C11H21NO2S2/c13-16(14)7-1-2-11(9-16)12-5-6-15-8-10-3-4-10/h10-12H,1-9H2. The Morgan fingerprint density at radius 2 is 2.06 bits per heavy atom. The van der Waals surface area contributed by atoms with Crippen molar-refractivity contribution < 1.29 is 8.42 Å². The summed E-state index contributed by atoms with van der Waals surface area (Å²) >= 11 is 2.00. The molecule has 2 aliphatic rings. The van der Waals surface area contributed by atoms with Gasteiger partial charge in [-0.15, -0.1) is 0 Å². The molecule has 1 aliphatic heterocycles. The Balaban J connectivity index is 1.54. The fourth-order valence-corrected chi connectivity index (χ4v) is 4.82. The van der Waals surface area contributed by atoms with Crippen LogP contribution in [0.3, 0.4) is 0 Å². The predicted octanol–water partition coefficient (Wildman–Crippen LogP) is 1.30. The minimum Gasteiger partial charge on any atom is -0.312 e. The van der Waals surface area contributed by atoms with Gasteiger partial charge in [0.25, 0.3) is 0 Å². The molecule has 0 spiro atoms. The SMILES string of the molecule is O=S1(=O)CCCC(NCCSCC2CC2)C1. The first-order valence-corrected chi connectivity index (χ1v) is 9.15. The molecule has 1 N–H and O–H groups in total. The van der Waals surface area contributed by atoms with Gasteiger partial charge in [0.1, 0.15) is 0 Å². The minimum absolute atomic E-state index is 0.209. The summed E-state index contributed by atoms with van der Waals surface area (Å²) < 4.78 is 22.8. The molecule has 2 rings (SSSR count). The van der Waals surface area contributed by atoms with Crippen LogP contribution in [0.15, 0.2) is 0 Å². The summed E-state index contributed by atoms with van der Waals surface area (Å²) in [4.78, 5) is 0. The third-order valence-corrected chi connectivity index (χ3v) is 6.21. The zero-order chi connectivity index (χ0) is 11.4. The third kappa shape index (κ3) is 4.63. The summed E-state index contributed by atoms with van der Waals surface area (Å²) in [6.07, 6.45) is 4.68. The molecule has 1 aliphatic carbocycles. The molecular formula is C11H21NO2S2. The van der Waals surface area contributed by atoms with E-state index in [0.29, 0.717) is 11.5 Å². The largest absolute Gasteiger partial charge is 0.312 e. The molecule has 0 amide bonds. The molecule has 3 nitrogen and oxygen atoms in total. The van der Waals surface area contributed by atoms with Gasteiger partial charge >= 0.3 is 0 Å². The van der Waals surface area contributed by atoms with Gasteiger partial charge in [0.2, 0.25) is 0 Å². The van der Waals surface area contributed by atoms with Crippen molar-refractivity contribution >= 4 is 21.6 Å². The van der Waals surface area contributed by atoms with Crippen molar-refractivity contribution in [2.75, 3.05) is 29.6 Å². The maximum atomic E-state index is 11.4. The quantitative estimate of drug-likeness (QED) is 0.734. The van der Waals surface area contributed by atoms with E-state index in [2.05, 4.69) is 5.32 Å². The maximum absolute atomic E-state index is 11.4. The van der Waals surface area contributed by atoms with Crippen molar-refractivity contribution in [1.82, 2.24) is 5.32 Å². The van der Waals surface area contributed by atoms with Crippen LogP contribution >= 0.6 is 11.8 Å². The van der Waals surface area contributed by atoms with E-state index in [1.807, 2.05) is 11.8 Å². The zero-order valence-corrected chi connectivity index (χ0v) is 11.3. The van der Waals surface area contributed by atoms with Crippen molar-refractivity contribution in [1.29, 1.82) is 0 Å². The summed E-state index contributed by atoms with van der Waals surface area (Å²) in [6.45, 7) is 0.956. The lowest BCUT2D eigenvalue weighted by Crippen LogP contribution is -2.41. The van der Waals surface area contributed by atoms with Gasteiger partial charge in [-0.25, -0.2) is 8.42 Å². The van der Waals surface area contributed by atoms with E-state index >= 15 is 0 Å². The van der Waals surface area contributed by atoms with E-state index in [1.54, 1.807) is 0 Å². The van der Waals surface area contributed by atoms with E-state index in [-0.39, 0.29) is 6.04 Å². The van der Waals surface area contributed by atoms with Crippen LogP contribution in [0, 0.1) is 5.92 Å². The van der Waals surface area contributed by atoms with E-state index < -0.39 is 9.84 Å². The molecule has 0 aromatic rings. The minimum atomic E-state index is -2.75. The number of hydrogen-bond acceptors (Lipinski definition) is 4. The number of nitrogens with one attached hydrogen (secondary N) is 1. The second-order valence-corrected chi connectivity index (χ2v) is 8.30. The van der Waals surface area contributed by atoms with Gasteiger partial charge in [0.15, 0.2) is 9.84 Å². The van der Waals surface area contributed by atoms with Gasteiger partial charge in [-0.2, -0.15) is 11.8 Å². The van der Waals surface area contributed by atoms with E-state index in [9.17, 15) is 8.42 Å². The lowest BCUT2D eigenvalue weighted by Gasteiger charge is -2.22. The van der Waals surface area contributed by atoms with Crippen molar-refractivity contribution in [3.8, 4) is 0 Å². The van der Waals surface area contributed by atoms with Crippen LogP contribution in [-0.4, -0.2) is 44.0 Å². The summed E-state index contributed by atoms with van der Waals surface area (Å²) in [5.41, 5.74) is 0. The van der Waals surface area contributed by atoms with Gasteiger partial charge in [0, 0.05) is 18.3 Å². The third-order valence-electron chi connectivity index (χ3n) is 3.19. The highest BCUT2D eigenvalue weighted by atomic mass is 32.2. The Hall–Kier alpha value is 0.260. The van der Waals surface area contributed by atoms with Crippen LogP contribution in [-0.2, 0) is 9.84 Å². The number of sulfone groups is 1. The summed E-state index contributed by atoms with van der Waals surface area (Å²) in [7, 11) is -2.75. The van der Waals surface area contributed by atoms with Crippen LogP contribution in [0.1, 0.15) is 25.7 Å². The smallest absolute Gasteiger partial charge is 0.151 e. The second-order valence-electron chi connectivity index (χ2n) is 4.93. The first kappa shape index (κ1) is 12.7. The zero-order valence-electron chi connectivity index (χ0n) is 9.65. The van der Waals surface area contributed by atoms with Crippen molar-refractivity contribution in [3.63, 3.8) is 0 Å². The Bertz CT molecular complexity index is 312. The molecule has 0 aromatic heterocycles. The average molecular weight is 263 g/mol. The van der Waals surface area contributed by atoms with E-state index in [1.165, 1.54) is 18.6 Å². The number of thioether (sulfide) groups is 1. The highest BCUT2D eigenvalue weighted by Crippen LogP contribution is 2.32. The molecule has 16 heavy (non-hydrogen) atoms. The van der Waals surface area contributed by atoms with Crippen molar-refractivity contribution in [3.05, 3.63) is 0 Å². The van der Waals surface area contributed by atoms with Gasteiger partial charge in [-0.3, -0.25) is 0 Å². The number of hydrogen-bond donors (Lipinski definition) is 1. The first-order valence-electron chi connectivity index (χ1n) is 6.17. The molecule has 1 atom stereocenters. The second kappa shape index (κ2) is 5.74. The normalized spacial score (nSPS) is 29.1. The van der Waals surface area contributed by atoms with Gasteiger partial charge in [-0.1, -0.05) is 0 Å². The summed E-state index contributed by atoms with van der Waals surface area (Å²) in [5, 5.41) is 3.37. The summed E-state index contributed by atoms with van der Waals surface area (Å²) in [5.74, 6) is 4.14. The van der Waals surface area contributed by atoms with Crippen LogP contribution in [0.5, 0.6) is 0 Å². The van der Waals surface area contributed by atoms with Gasteiger partial charge < -0.3 is 5.32 Å². The fourth-order valence-electron chi connectivity index (χ4n) is 2.05. The average Bonchev–Trinajstić information content (AvgIpc) is 2.99. The van der Waals surface area contributed by atoms with Crippen molar-refractivity contribution in [2.45, 2.75) is 31.7 Å². The van der Waals surface area contributed by atoms with E-state index in [4.69, 9.17) is 0 Å². The first-order chi connectivity index (χ1) is 7.66.